The molecule has 0 aliphatic rings. The van der Waals surface area contributed by atoms with E-state index in [9.17, 15) is 9.59 Å². The van der Waals surface area contributed by atoms with E-state index >= 15 is 0 Å². The molecule has 0 saturated heterocycles. The molecular weight excluding hydrogens is 404 g/mol. The highest BCUT2D eigenvalue weighted by Gasteiger charge is 2.24. The zero-order valence-electron chi connectivity index (χ0n) is 19.8. The maximum Gasteiger partial charge on any atom is 0.253 e. The smallest absolute Gasteiger partial charge is 0.253 e. The van der Waals surface area contributed by atoms with E-state index in [-0.39, 0.29) is 17.7 Å². The van der Waals surface area contributed by atoms with Gasteiger partial charge in [-0.25, -0.2) is 4.98 Å². The average Bonchev–Trinajstić information content (AvgIpc) is 3.13. The summed E-state index contributed by atoms with van der Waals surface area (Å²) in [5.74, 6) is 1.45. The standard InChI is InChI=1S/C25H32N4O3/c1-7-19(8-2)25(31)28(6)23-17(3)26-22-21(10-9-15-29(22)23)32-16-18-11-13-20(14-12-18)24(30)27(4)5/h9-15,19H,7-8,16H2,1-6H3. The molecule has 2 amide bonds. The summed E-state index contributed by atoms with van der Waals surface area (Å²) in [6.45, 7) is 6.33. The zero-order chi connectivity index (χ0) is 23.4. The van der Waals surface area contributed by atoms with Crippen molar-refractivity contribution in [3.8, 4) is 5.75 Å². The molecule has 2 aromatic heterocycles. The Morgan fingerprint density at radius 1 is 1.06 bits per heavy atom. The van der Waals surface area contributed by atoms with Crippen LogP contribution in [0.15, 0.2) is 42.6 Å². The first-order valence-electron chi connectivity index (χ1n) is 11.0. The molecular formula is C25H32N4O3. The van der Waals surface area contributed by atoms with Gasteiger partial charge in [-0.2, -0.15) is 0 Å². The van der Waals surface area contributed by atoms with Crippen LogP contribution in [0.25, 0.3) is 5.65 Å². The number of hydrogen-bond donors (Lipinski definition) is 0. The number of nitrogens with zero attached hydrogens (tertiary/aromatic N) is 4. The van der Waals surface area contributed by atoms with Gasteiger partial charge in [-0.05, 0) is 49.6 Å². The summed E-state index contributed by atoms with van der Waals surface area (Å²) in [7, 11) is 5.27. The Morgan fingerprint density at radius 2 is 1.72 bits per heavy atom. The Balaban J connectivity index is 1.83. The van der Waals surface area contributed by atoms with Crippen LogP contribution >= 0.6 is 0 Å². The number of pyridine rings is 1. The number of aryl methyl sites for hydroxylation is 1. The molecule has 0 aliphatic carbocycles. The van der Waals surface area contributed by atoms with Crippen LogP contribution in [0, 0.1) is 12.8 Å². The molecule has 170 valence electrons. The number of aromatic nitrogens is 2. The third-order valence-corrected chi connectivity index (χ3v) is 5.74. The summed E-state index contributed by atoms with van der Waals surface area (Å²) < 4.78 is 7.98. The predicted molar refractivity (Wildman–Crippen MR) is 126 cm³/mol. The lowest BCUT2D eigenvalue weighted by atomic mass is 10.0. The van der Waals surface area contributed by atoms with Crippen molar-refractivity contribution in [2.24, 2.45) is 5.92 Å². The van der Waals surface area contributed by atoms with E-state index in [1.54, 1.807) is 43.1 Å². The molecule has 32 heavy (non-hydrogen) atoms. The number of amides is 2. The molecule has 0 bridgehead atoms. The number of ether oxygens (including phenoxy) is 1. The third kappa shape index (κ3) is 4.61. The summed E-state index contributed by atoms with van der Waals surface area (Å²) in [5, 5.41) is 0. The van der Waals surface area contributed by atoms with Gasteiger partial charge in [0, 0.05) is 38.8 Å². The second-order valence-corrected chi connectivity index (χ2v) is 8.18. The highest BCUT2D eigenvalue weighted by molar-refractivity contribution is 5.95. The average molecular weight is 437 g/mol. The van der Waals surface area contributed by atoms with Crippen molar-refractivity contribution in [2.75, 3.05) is 26.0 Å². The number of carbonyl (C=O) groups is 2. The van der Waals surface area contributed by atoms with Gasteiger partial charge in [0.2, 0.25) is 5.91 Å². The molecule has 0 fully saturated rings. The normalized spacial score (nSPS) is 11.1. The van der Waals surface area contributed by atoms with Gasteiger partial charge in [-0.15, -0.1) is 0 Å². The molecule has 2 heterocycles. The first-order chi connectivity index (χ1) is 15.3. The van der Waals surface area contributed by atoms with E-state index < -0.39 is 0 Å². The second-order valence-electron chi connectivity index (χ2n) is 8.18. The zero-order valence-corrected chi connectivity index (χ0v) is 19.8. The fourth-order valence-electron chi connectivity index (χ4n) is 3.84. The summed E-state index contributed by atoms with van der Waals surface area (Å²) in [6, 6.07) is 11.2. The molecule has 1 aromatic carbocycles. The molecule has 0 saturated carbocycles. The molecule has 0 atom stereocenters. The molecule has 0 unspecified atom stereocenters. The minimum atomic E-state index is -0.0327. The number of rotatable bonds is 8. The summed E-state index contributed by atoms with van der Waals surface area (Å²) in [4.78, 5) is 32.9. The molecule has 7 heteroatoms. The van der Waals surface area contributed by atoms with Gasteiger partial charge in [-0.1, -0.05) is 26.0 Å². The Kier molecular flexibility index (Phi) is 7.18. The number of anilines is 1. The first kappa shape index (κ1) is 23.3. The van der Waals surface area contributed by atoms with Crippen LogP contribution in [0.5, 0.6) is 5.75 Å². The lowest BCUT2D eigenvalue weighted by molar-refractivity contribution is -0.122. The van der Waals surface area contributed by atoms with Crippen molar-refractivity contribution in [3.63, 3.8) is 0 Å². The lowest BCUT2D eigenvalue weighted by Gasteiger charge is -2.22. The SMILES string of the molecule is CCC(CC)C(=O)N(C)c1c(C)nc2c(OCc3ccc(C(=O)N(C)C)cc3)cccn12. The van der Waals surface area contributed by atoms with Gasteiger partial charge >= 0.3 is 0 Å². The van der Waals surface area contributed by atoms with Crippen molar-refractivity contribution in [2.45, 2.75) is 40.2 Å². The quantitative estimate of drug-likeness (QED) is 0.527. The monoisotopic (exact) mass is 436 g/mol. The van der Waals surface area contributed by atoms with E-state index in [1.165, 1.54) is 0 Å². The fraction of sp³-hybridized carbons (Fsp3) is 0.400. The molecule has 0 N–H and O–H groups in total. The molecule has 0 spiro atoms. The molecule has 0 radical (unpaired) electrons. The molecule has 3 aromatic rings. The summed E-state index contributed by atoms with van der Waals surface area (Å²) >= 11 is 0. The van der Waals surface area contributed by atoms with Crippen molar-refractivity contribution in [3.05, 3.63) is 59.4 Å². The minimum Gasteiger partial charge on any atom is -0.485 e. The van der Waals surface area contributed by atoms with Gasteiger partial charge in [-0.3, -0.25) is 18.9 Å². The van der Waals surface area contributed by atoms with Crippen molar-refractivity contribution in [1.82, 2.24) is 14.3 Å². The molecule has 7 nitrogen and oxygen atoms in total. The van der Waals surface area contributed by atoms with Crippen LogP contribution in [0.2, 0.25) is 0 Å². The van der Waals surface area contributed by atoms with Crippen LogP contribution in [0.3, 0.4) is 0 Å². The van der Waals surface area contributed by atoms with E-state index in [1.807, 2.05) is 55.6 Å². The number of imidazole rings is 1. The van der Waals surface area contributed by atoms with Gasteiger partial charge in [0.15, 0.2) is 11.4 Å². The maximum atomic E-state index is 12.9. The van der Waals surface area contributed by atoms with E-state index in [0.717, 1.165) is 29.9 Å². The van der Waals surface area contributed by atoms with Crippen molar-refractivity contribution in [1.29, 1.82) is 0 Å². The maximum absolute atomic E-state index is 12.9. The Morgan fingerprint density at radius 3 is 2.31 bits per heavy atom. The largest absolute Gasteiger partial charge is 0.485 e. The van der Waals surface area contributed by atoms with E-state index in [0.29, 0.717) is 23.6 Å². The third-order valence-electron chi connectivity index (χ3n) is 5.74. The van der Waals surface area contributed by atoms with Crippen molar-refractivity contribution < 1.29 is 14.3 Å². The number of carbonyl (C=O) groups excluding carboxylic acids is 2. The number of hydrogen-bond acceptors (Lipinski definition) is 4. The fourth-order valence-corrected chi connectivity index (χ4v) is 3.84. The van der Waals surface area contributed by atoms with Crippen LogP contribution in [-0.4, -0.2) is 47.2 Å². The highest BCUT2D eigenvalue weighted by Crippen LogP contribution is 2.29. The van der Waals surface area contributed by atoms with E-state index in [2.05, 4.69) is 0 Å². The van der Waals surface area contributed by atoms with Crippen molar-refractivity contribution >= 4 is 23.3 Å². The first-order valence-corrected chi connectivity index (χ1v) is 11.0. The van der Waals surface area contributed by atoms with Gasteiger partial charge < -0.3 is 9.64 Å². The highest BCUT2D eigenvalue weighted by atomic mass is 16.5. The van der Waals surface area contributed by atoms with Crippen LogP contribution in [0.4, 0.5) is 5.82 Å². The van der Waals surface area contributed by atoms with Crippen LogP contribution in [0.1, 0.15) is 48.3 Å². The Hall–Kier alpha value is -3.35. The van der Waals surface area contributed by atoms with Gasteiger partial charge in [0.1, 0.15) is 12.4 Å². The van der Waals surface area contributed by atoms with Gasteiger partial charge in [0.25, 0.3) is 5.91 Å². The van der Waals surface area contributed by atoms with Crippen LogP contribution in [-0.2, 0) is 11.4 Å². The molecule has 3 rings (SSSR count). The second kappa shape index (κ2) is 9.85. The molecule has 0 aliphatic heterocycles. The van der Waals surface area contributed by atoms with Gasteiger partial charge in [0.05, 0.1) is 5.69 Å². The topological polar surface area (TPSA) is 67.2 Å². The number of benzene rings is 1. The Bertz CT molecular complexity index is 1100. The lowest BCUT2D eigenvalue weighted by Crippen LogP contribution is -2.33. The Labute approximate surface area is 189 Å². The van der Waals surface area contributed by atoms with E-state index in [4.69, 9.17) is 9.72 Å². The predicted octanol–water partition coefficient (Wildman–Crippen LogP) is 4.32. The minimum absolute atomic E-state index is 0.00766. The van der Waals surface area contributed by atoms with Crippen LogP contribution < -0.4 is 9.64 Å². The summed E-state index contributed by atoms with van der Waals surface area (Å²) in [6.07, 6.45) is 3.52. The number of fused-ring (bicyclic) bond motifs is 1. The summed E-state index contributed by atoms with van der Waals surface area (Å²) in [5.41, 5.74) is 3.03.